The number of nitrogens with zero attached hydrogens (tertiary/aromatic N) is 5. The van der Waals surface area contributed by atoms with Crippen molar-refractivity contribution in [2.45, 2.75) is 6.04 Å². The van der Waals surface area contributed by atoms with Gasteiger partial charge in [-0.05, 0) is 53.3 Å². The highest BCUT2D eigenvalue weighted by molar-refractivity contribution is 6.31. The van der Waals surface area contributed by atoms with E-state index in [-0.39, 0.29) is 21.8 Å². The van der Waals surface area contributed by atoms with Crippen LogP contribution in [0.3, 0.4) is 0 Å². The lowest BCUT2D eigenvalue weighted by molar-refractivity contribution is -0.125. The fraction of sp³-hybridized carbons (Fsp3) is 0.0769. The Morgan fingerprint density at radius 1 is 1.08 bits per heavy atom. The fourth-order valence-electron chi connectivity index (χ4n) is 3.60. The van der Waals surface area contributed by atoms with Crippen molar-refractivity contribution < 1.29 is 23.9 Å². The molecule has 0 saturated heterocycles. The smallest absolute Gasteiger partial charge is 0.335 e. The number of anilines is 1. The summed E-state index contributed by atoms with van der Waals surface area (Å²) in [6.07, 6.45) is 3.45. The number of hydrogen-bond donors (Lipinski definition) is 2. The van der Waals surface area contributed by atoms with Crippen LogP contribution in [0.5, 0.6) is 0 Å². The monoisotopic (exact) mass is 534 g/mol. The summed E-state index contributed by atoms with van der Waals surface area (Å²) in [4.78, 5) is 39.9. The van der Waals surface area contributed by atoms with Gasteiger partial charge in [0, 0.05) is 24.4 Å². The number of carboxylic acids is 1. The molecule has 10 nitrogen and oxygen atoms in total. The first kappa shape index (κ1) is 26.2. The molecule has 0 unspecified atom stereocenters. The lowest BCUT2D eigenvalue weighted by Gasteiger charge is -2.25. The molecule has 3 aromatic carbocycles. The molecular formula is C26H20ClFN6O4. The first-order chi connectivity index (χ1) is 18.3. The SMILES string of the molecule is CN(C(=O)[C@@H](NC(=O)/C=C/c1c(-n2ncnn2)ccc(Cl)c1F)c1ccccc1)c1ccc(C(=O)O)cc1. The summed E-state index contributed by atoms with van der Waals surface area (Å²) in [7, 11) is 1.51. The van der Waals surface area contributed by atoms with Gasteiger partial charge in [-0.2, -0.15) is 0 Å². The Morgan fingerprint density at radius 2 is 1.79 bits per heavy atom. The summed E-state index contributed by atoms with van der Waals surface area (Å²) in [5.74, 6) is -3.04. The first-order valence-corrected chi connectivity index (χ1v) is 11.5. The maximum absolute atomic E-state index is 14.8. The third-order valence-corrected chi connectivity index (χ3v) is 5.87. The average Bonchev–Trinajstić information content (AvgIpc) is 3.47. The number of tetrazole rings is 1. The lowest BCUT2D eigenvalue weighted by Crippen LogP contribution is -2.41. The van der Waals surface area contributed by atoms with Gasteiger partial charge in [-0.25, -0.2) is 9.18 Å². The van der Waals surface area contributed by atoms with Crippen LogP contribution in [0.4, 0.5) is 10.1 Å². The molecule has 1 atom stereocenters. The van der Waals surface area contributed by atoms with Gasteiger partial charge in [0.1, 0.15) is 6.04 Å². The van der Waals surface area contributed by atoms with E-state index >= 15 is 0 Å². The summed E-state index contributed by atoms with van der Waals surface area (Å²) in [6.45, 7) is 0. The predicted molar refractivity (Wildman–Crippen MR) is 137 cm³/mol. The van der Waals surface area contributed by atoms with Crippen molar-refractivity contribution in [2.75, 3.05) is 11.9 Å². The molecule has 2 amide bonds. The molecule has 0 bridgehead atoms. The van der Waals surface area contributed by atoms with Gasteiger partial charge in [-0.15, -0.1) is 15.0 Å². The van der Waals surface area contributed by atoms with Crippen LogP contribution in [-0.4, -0.2) is 50.1 Å². The highest BCUT2D eigenvalue weighted by atomic mass is 35.5. The molecule has 0 fully saturated rings. The van der Waals surface area contributed by atoms with Gasteiger partial charge >= 0.3 is 5.97 Å². The summed E-state index contributed by atoms with van der Waals surface area (Å²) >= 11 is 5.93. The minimum Gasteiger partial charge on any atom is -0.478 e. The van der Waals surface area contributed by atoms with Crippen LogP contribution in [0, 0.1) is 5.82 Å². The molecule has 4 aromatic rings. The van der Waals surface area contributed by atoms with Crippen molar-refractivity contribution in [1.82, 2.24) is 25.5 Å². The van der Waals surface area contributed by atoms with Crippen LogP contribution in [0.1, 0.15) is 27.5 Å². The number of hydrogen-bond acceptors (Lipinski definition) is 6. The Morgan fingerprint density at radius 3 is 2.42 bits per heavy atom. The number of benzene rings is 3. The van der Waals surface area contributed by atoms with Crippen LogP contribution in [0.15, 0.2) is 79.1 Å². The van der Waals surface area contributed by atoms with E-state index in [0.717, 1.165) is 10.9 Å². The number of halogens is 2. The number of carboxylic acid groups (broad SMARTS) is 1. The molecule has 0 aliphatic rings. The zero-order valence-corrected chi connectivity index (χ0v) is 20.6. The van der Waals surface area contributed by atoms with Crippen LogP contribution in [0.25, 0.3) is 11.8 Å². The zero-order chi connectivity index (χ0) is 27.2. The summed E-state index contributed by atoms with van der Waals surface area (Å²) in [5, 5.41) is 22.9. The minimum absolute atomic E-state index is 0.0520. The van der Waals surface area contributed by atoms with Gasteiger partial charge in [0.05, 0.1) is 16.3 Å². The number of carbonyl (C=O) groups is 3. The van der Waals surface area contributed by atoms with E-state index in [2.05, 4.69) is 20.7 Å². The predicted octanol–water partition coefficient (Wildman–Crippen LogP) is 3.69. The Kier molecular flexibility index (Phi) is 7.88. The standard InChI is InChI=1S/C26H20ClFN6O4/c1-33(18-9-7-17(8-10-18)26(37)38)25(36)24(16-5-3-2-4-6-16)31-22(35)14-11-19-21(34-30-15-29-32-34)13-12-20(27)23(19)28/h2-15,24H,1H3,(H,31,35)(H,37,38)/b14-11+/t24-/m0/s1. The number of carbonyl (C=O) groups excluding carboxylic acids is 2. The first-order valence-electron chi connectivity index (χ1n) is 11.1. The Labute approximate surface area is 221 Å². The van der Waals surface area contributed by atoms with Crippen molar-refractivity contribution >= 4 is 41.1 Å². The quantitative estimate of drug-likeness (QED) is 0.330. The molecule has 2 N–H and O–H groups in total. The molecule has 0 aliphatic heterocycles. The maximum Gasteiger partial charge on any atom is 0.335 e. The topological polar surface area (TPSA) is 130 Å². The molecule has 12 heteroatoms. The van der Waals surface area contributed by atoms with Crippen molar-refractivity contribution in [3.8, 4) is 5.69 Å². The van der Waals surface area contributed by atoms with Crippen molar-refractivity contribution in [3.05, 3.63) is 107 Å². The Balaban J connectivity index is 1.60. The molecule has 0 radical (unpaired) electrons. The molecular weight excluding hydrogens is 515 g/mol. The minimum atomic E-state index is -1.10. The number of nitrogens with one attached hydrogen (secondary N) is 1. The lowest BCUT2D eigenvalue weighted by atomic mass is 10.0. The van der Waals surface area contributed by atoms with Gasteiger partial charge < -0.3 is 15.3 Å². The third-order valence-electron chi connectivity index (χ3n) is 5.57. The molecule has 38 heavy (non-hydrogen) atoms. The van der Waals surface area contributed by atoms with Crippen LogP contribution in [0.2, 0.25) is 5.02 Å². The number of likely N-dealkylation sites (N-methyl/N-ethyl adjacent to an activating group) is 1. The molecule has 0 spiro atoms. The largest absolute Gasteiger partial charge is 0.478 e. The van der Waals surface area contributed by atoms with Crippen molar-refractivity contribution in [2.24, 2.45) is 0 Å². The van der Waals surface area contributed by atoms with E-state index in [4.69, 9.17) is 16.7 Å². The Bertz CT molecular complexity index is 1490. The van der Waals surface area contributed by atoms with E-state index in [0.29, 0.717) is 11.3 Å². The summed E-state index contributed by atoms with van der Waals surface area (Å²) in [5.41, 5.74) is 1.16. The molecule has 0 saturated carbocycles. The van der Waals surface area contributed by atoms with E-state index in [1.807, 2.05) is 0 Å². The second-order valence-electron chi connectivity index (χ2n) is 7.95. The second kappa shape index (κ2) is 11.4. The van der Waals surface area contributed by atoms with Gasteiger partial charge in [-0.1, -0.05) is 41.9 Å². The molecule has 192 valence electrons. The molecule has 4 rings (SSSR count). The van der Waals surface area contributed by atoms with Crippen LogP contribution < -0.4 is 10.2 Å². The number of rotatable bonds is 8. The Hall–Kier alpha value is -4.90. The van der Waals surface area contributed by atoms with Crippen molar-refractivity contribution in [3.63, 3.8) is 0 Å². The highest BCUT2D eigenvalue weighted by Gasteiger charge is 2.26. The average molecular weight is 535 g/mol. The fourth-order valence-corrected chi connectivity index (χ4v) is 3.76. The van der Waals surface area contributed by atoms with Crippen LogP contribution in [-0.2, 0) is 9.59 Å². The second-order valence-corrected chi connectivity index (χ2v) is 8.36. The van der Waals surface area contributed by atoms with Crippen molar-refractivity contribution in [1.29, 1.82) is 0 Å². The number of aromatic carboxylic acids is 1. The van der Waals surface area contributed by atoms with E-state index in [1.54, 1.807) is 30.3 Å². The van der Waals surface area contributed by atoms with Gasteiger partial charge in [0.15, 0.2) is 12.1 Å². The maximum atomic E-state index is 14.8. The number of aromatic nitrogens is 4. The normalized spacial score (nSPS) is 11.8. The van der Waals surface area contributed by atoms with Crippen LogP contribution >= 0.6 is 11.6 Å². The number of amides is 2. The third kappa shape index (κ3) is 5.73. The molecule has 1 aromatic heterocycles. The van der Waals surface area contributed by atoms with Gasteiger partial charge in [0.2, 0.25) is 5.91 Å². The van der Waals surface area contributed by atoms with E-state index in [1.165, 1.54) is 60.7 Å². The van der Waals surface area contributed by atoms with Gasteiger partial charge in [-0.3, -0.25) is 9.59 Å². The molecule has 0 aliphatic carbocycles. The van der Waals surface area contributed by atoms with Gasteiger partial charge in [0.25, 0.3) is 5.91 Å². The zero-order valence-electron chi connectivity index (χ0n) is 19.8. The molecule has 1 heterocycles. The summed E-state index contributed by atoms with van der Waals surface area (Å²) in [6, 6.07) is 16.0. The highest BCUT2D eigenvalue weighted by Crippen LogP contribution is 2.25. The van der Waals surface area contributed by atoms with E-state index < -0.39 is 29.6 Å². The van der Waals surface area contributed by atoms with E-state index in [9.17, 15) is 18.8 Å². The summed E-state index contributed by atoms with van der Waals surface area (Å²) < 4.78 is 14.8.